The fourth-order valence-electron chi connectivity index (χ4n) is 4.58. The lowest BCUT2D eigenvalue weighted by Crippen LogP contribution is -2.26. The molecule has 4 aromatic rings. The number of carbonyl (C=O) groups excluding carboxylic acids is 1. The average Bonchev–Trinajstić information content (AvgIpc) is 2.84. The zero-order valence-corrected chi connectivity index (χ0v) is 19.0. The maximum Gasteiger partial charge on any atom is 0.251 e. The van der Waals surface area contributed by atoms with Crippen molar-refractivity contribution in [2.45, 2.75) is 45.6 Å². The Morgan fingerprint density at radius 3 is 2.45 bits per heavy atom. The van der Waals surface area contributed by atoms with Crippen LogP contribution in [0.4, 0.5) is 0 Å². The summed E-state index contributed by atoms with van der Waals surface area (Å²) in [5.41, 5.74) is 6.82. The van der Waals surface area contributed by atoms with Gasteiger partial charge >= 0.3 is 0 Å². The van der Waals surface area contributed by atoms with E-state index >= 15 is 0 Å². The summed E-state index contributed by atoms with van der Waals surface area (Å²) in [4.78, 5) is 25.4. The quantitative estimate of drug-likeness (QED) is 0.417. The minimum absolute atomic E-state index is 0.0735. The van der Waals surface area contributed by atoms with Gasteiger partial charge in [-0.2, -0.15) is 0 Å². The van der Waals surface area contributed by atoms with Crippen LogP contribution >= 0.6 is 0 Å². The number of nitrogens with one attached hydrogen (secondary N) is 1. The molecule has 1 aliphatic rings. The molecule has 0 aliphatic heterocycles. The summed E-state index contributed by atoms with van der Waals surface area (Å²) >= 11 is 0. The second-order valence-corrected chi connectivity index (χ2v) is 8.98. The van der Waals surface area contributed by atoms with E-state index < -0.39 is 0 Å². The molecule has 1 amide bonds. The molecule has 0 saturated heterocycles. The molecule has 1 atom stereocenters. The topological polar surface area (TPSA) is 59.3 Å². The molecule has 1 aliphatic carbocycles. The van der Waals surface area contributed by atoms with Crippen molar-refractivity contribution in [3.8, 4) is 11.3 Å². The van der Waals surface area contributed by atoms with Crippen LogP contribution in [-0.4, -0.2) is 5.91 Å². The lowest BCUT2D eigenvalue weighted by Gasteiger charge is -2.20. The van der Waals surface area contributed by atoms with Crippen molar-refractivity contribution < 1.29 is 9.21 Å². The van der Waals surface area contributed by atoms with Gasteiger partial charge in [0.2, 0.25) is 0 Å². The number of amides is 1. The summed E-state index contributed by atoms with van der Waals surface area (Å²) in [6.07, 6.45) is 4.77. The highest BCUT2D eigenvalue weighted by molar-refractivity contribution is 5.95. The van der Waals surface area contributed by atoms with E-state index in [-0.39, 0.29) is 17.4 Å². The molecule has 4 heteroatoms. The molecule has 1 N–H and O–H groups in total. The molecule has 33 heavy (non-hydrogen) atoms. The standard InChI is InChI=1S/C29H27NO3/c1-18-7-14-27-25(15-18)26(31)17-28(33-27)21-9-11-22(12-10-21)29(32)30-19(2)23-13-8-20-5-3-4-6-24(20)16-23/h7-17,19H,3-6H2,1-2H3,(H,30,32). The summed E-state index contributed by atoms with van der Waals surface area (Å²) in [7, 11) is 0. The predicted molar refractivity (Wildman–Crippen MR) is 132 cm³/mol. The summed E-state index contributed by atoms with van der Waals surface area (Å²) < 4.78 is 5.95. The Morgan fingerprint density at radius 1 is 0.909 bits per heavy atom. The first-order valence-corrected chi connectivity index (χ1v) is 11.6. The van der Waals surface area contributed by atoms with Crippen molar-refractivity contribution in [2.75, 3.05) is 0 Å². The number of hydrogen-bond donors (Lipinski definition) is 1. The van der Waals surface area contributed by atoms with Gasteiger partial charge in [0, 0.05) is 17.2 Å². The Balaban J connectivity index is 1.33. The van der Waals surface area contributed by atoms with Gasteiger partial charge in [0.25, 0.3) is 5.91 Å². The smallest absolute Gasteiger partial charge is 0.251 e. The van der Waals surface area contributed by atoms with E-state index in [1.807, 2.05) is 44.2 Å². The maximum atomic E-state index is 12.8. The Morgan fingerprint density at radius 2 is 1.67 bits per heavy atom. The van der Waals surface area contributed by atoms with Gasteiger partial charge in [-0.15, -0.1) is 0 Å². The highest BCUT2D eigenvalue weighted by atomic mass is 16.3. The van der Waals surface area contributed by atoms with Gasteiger partial charge in [-0.25, -0.2) is 0 Å². The molecule has 0 fully saturated rings. The summed E-state index contributed by atoms with van der Waals surface area (Å²) in [6, 6.07) is 20.8. The van der Waals surface area contributed by atoms with E-state index in [2.05, 4.69) is 23.5 Å². The number of carbonyl (C=O) groups is 1. The van der Waals surface area contributed by atoms with Gasteiger partial charge in [-0.1, -0.05) is 42.0 Å². The minimum Gasteiger partial charge on any atom is -0.456 e. The van der Waals surface area contributed by atoms with Crippen molar-refractivity contribution in [1.29, 1.82) is 0 Å². The van der Waals surface area contributed by atoms with Gasteiger partial charge in [0.15, 0.2) is 5.43 Å². The van der Waals surface area contributed by atoms with Crippen molar-refractivity contribution in [3.05, 3.63) is 105 Å². The molecule has 0 saturated carbocycles. The molecule has 1 heterocycles. The first kappa shape index (κ1) is 21.2. The molecular weight excluding hydrogens is 410 g/mol. The fraction of sp³-hybridized carbons (Fsp3) is 0.241. The average molecular weight is 438 g/mol. The summed E-state index contributed by atoms with van der Waals surface area (Å²) in [6.45, 7) is 3.96. The number of hydrogen-bond acceptors (Lipinski definition) is 3. The second kappa shape index (κ2) is 8.70. The minimum atomic E-state index is -0.123. The monoisotopic (exact) mass is 437 g/mol. The molecule has 1 aromatic heterocycles. The molecular formula is C29H27NO3. The van der Waals surface area contributed by atoms with Crippen LogP contribution in [0.5, 0.6) is 0 Å². The van der Waals surface area contributed by atoms with Crippen LogP contribution in [0.1, 0.15) is 58.4 Å². The number of aryl methyl sites for hydroxylation is 3. The molecule has 0 spiro atoms. The molecule has 1 unspecified atom stereocenters. The first-order valence-electron chi connectivity index (χ1n) is 11.6. The maximum absolute atomic E-state index is 12.8. The van der Waals surface area contributed by atoms with Crippen LogP contribution in [-0.2, 0) is 12.8 Å². The fourth-order valence-corrected chi connectivity index (χ4v) is 4.58. The van der Waals surface area contributed by atoms with Crippen molar-refractivity contribution in [3.63, 3.8) is 0 Å². The van der Waals surface area contributed by atoms with Crippen LogP contribution < -0.4 is 10.7 Å². The van der Waals surface area contributed by atoms with Gasteiger partial charge in [-0.05, 0) is 80.5 Å². The lowest BCUT2D eigenvalue weighted by atomic mass is 9.89. The molecule has 166 valence electrons. The van der Waals surface area contributed by atoms with Gasteiger partial charge < -0.3 is 9.73 Å². The molecule has 0 radical (unpaired) electrons. The van der Waals surface area contributed by atoms with E-state index in [1.54, 1.807) is 12.1 Å². The Labute approximate surface area is 193 Å². The highest BCUT2D eigenvalue weighted by Gasteiger charge is 2.15. The van der Waals surface area contributed by atoms with Crippen LogP contribution in [0, 0.1) is 6.92 Å². The Hall–Kier alpha value is -3.66. The Kier molecular flexibility index (Phi) is 5.59. The predicted octanol–water partition coefficient (Wildman–Crippen LogP) is 6.14. The Bertz CT molecular complexity index is 1400. The van der Waals surface area contributed by atoms with Gasteiger partial charge in [-0.3, -0.25) is 9.59 Å². The third-order valence-electron chi connectivity index (χ3n) is 6.53. The molecule has 3 aromatic carbocycles. The summed E-state index contributed by atoms with van der Waals surface area (Å²) in [5, 5.41) is 3.68. The highest BCUT2D eigenvalue weighted by Crippen LogP contribution is 2.26. The van der Waals surface area contributed by atoms with E-state index in [0.29, 0.717) is 22.3 Å². The molecule has 0 bridgehead atoms. The SMILES string of the molecule is Cc1ccc2oc(-c3ccc(C(=O)NC(C)c4ccc5c(c4)CCCC5)cc3)cc(=O)c2c1. The van der Waals surface area contributed by atoms with E-state index in [9.17, 15) is 9.59 Å². The third-order valence-corrected chi connectivity index (χ3v) is 6.53. The summed E-state index contributed by atoms with van der Waals surface area (Å²) in [5.74, 6) is 0.368. The van der Waals surface area contributed by atoms with Crippen LogP contribution in [0.3, 0.4) is 0 Å². The first-order chi connectivity index (χ1) is 16.0. The lowest BCUT2D eigenvalue weighted by molar-refractivity contribution is 0.0940. The third kappa shape index (κ3) is 4.34. The number of rotatable bonds is 4. The van der Waals surface area contributed by atoms with Crippen molar-refractivity contribution in [1.82, 2.24) is 5.32 Å². The molecule has 4 nitrogen and oxygen atoms in total. The van der Waals surface area contributed by atoms with Crippen molar-refractivity contribution >= 4 is 16.9 Å². The van der Waals surface area contributed by atoms with Crippen LogP contribution in [0.25, 0.3) is 22.3 Å². The normalized spacial score (nSPS) is 14.0. The van der Waals surface area contributed by atoms with E-state index in [4.69, 9.17) is 4.42 Å². The molecule has 5 rings (SSSR count). The van der Waals surface area contributed by atoms with Gasteiger partial charge in [0.1, 0.15) is 11.3 Å². The van der Waals surface area contributed by atoms with E-state index in [1.165, 1.54) is 30.0 Å². The van der Waals surface area contributed by atoms with Gasteiger partial charge in [0.05, 0.1) is 11.4 Å². The number of benzene rings is 3. The van der Waals surface area contributed by atoms with Crippen LogP contribution in [0.15, 0.2) is 75.9 Å². The number of fused-ring (bicyclic) bond motifs is 2. The second-order valence-electron chi connectivity index (χ2n) is 8.98. The van der Waals surface area contributed by atoms with Crippen molar-refractivity contribution in [2.24, 2.45) is 0 Å². The zero-order chi connectivity index (χ0) is 22.9. The largest absolute Gasteiger partial charge is 0.456 e. The zero-order valence-electron chi connectivity index (χ0n) is 19.0. The van der Waals surface area contributed by atoms with E-state index in [0.717, 1.165) is 29.5 Å². The van der Waals surface area contributed by atoms with Crippen LogP contribution in [0.2, 0.25) is 0 Å².